The molecule has 0 amide bonds. The lowest BCUT2D eigenvalue weighted by Gasteiger charge is -2.35. The Bertz CT molecular complexity index is 1010. The van der Waals surface area contributed by atoms with E-state index in [0.29, 0.717) is 34.1 Å². The van der Waals surface area contributed by atoms with Crippen LogP contribution in [0.15, 0.2) is 10.5 Å². The summed E-state index contributed by atoms with van der Waals surface area (Å²) in [6.45, 7) is 11.1. The number of fused-ring (bicyclic) bond motifs is 1. The zero-order valence-electron chi connectivity index (χ0n) is 18.5. The van der Waals surface area contributed by atoms with Gasteiger partial charge in [-0.1, -0.05) is 41.4 Å². The fourth-order valence-electron chi connectivity index (χ4n) is 3.87. The molecule has 0 radical (unpaired) electrons. The molecule has 0 saturated heterocycles. The minimum absolute atomic E-state index is 0.100. The summed E-state index contributed by atoms with van der Waals surface area (Å²) in [6.07, 6.45) is 1.69. The molecule has 1 aliphatic rings. The van der Waals surface area contributed by atoms with Gasteiger partial charge in [0.15, 0.2) is 19.8 Å². The highest BCUT2D eigenvalue weighted by atomic mass is 79.9. The summed E-state index contributed by atoms with van der Waals surface area (Å²) in [7, 11) is -2.33. The Morgan fingerprint density at radius 1 is 1.32 bits per heavy atom. The number of nitrogens with two attached hydrogens (primary N) is 1. The molecule has 5 N–H and O–H groups in total. The molecule has 1 aliphatic heterocycles. The van der Waals surface area contributed by atoms with Gasteiger partial charge < -0.3 is 25.6 Å². The minimum atomic E-state index is -2.33. The normalized spacial score (nSPS) is 16.6. The number of halogens is 2. The van der Waals surface area contributed by atoms with Crippen molar-refractivity contribution in [3.63, 3.8) is 0 Å². The zero-order chi connectivity index (χ0) is 23.3. The first-order chi connectivity index (χ1) is 14.2. The van der Waals surface area contributed by atoms with Crippen LogP contribution in [0, 0.1) is 6.92 Å². The molecule has 0 bridgehead atoms. The van der Waals surface area contributed by atoms with Gasteiger partial charge in [0.25, 0.3) is 0 Å². The molecule has 2 heterocycles. The van der Waals surface area contributed by atoms with E-state index in [4.69, 9.17) is 17.3 Å². The molecule has 3 rings (SSSR count). The zero-order valence-corrected chi connectivity index (χ0v) is 21.8. The first-order valence-corrected chi connectivity index (χ1v) is 14.3. The first-order valence-electron chi connectivity index (χ1n) is 10.2. The summed E-state index contributed by atoms with van der Waals surface area (Å²) < 4.78 is 0.701. The van der Waals surface area contributed by atoms with Crippen molar-refractivity contribution in [3.05, 3.63) is 32.4 Å². The quantitative estimate of drug-likeness (QED) is 0.235. The lowest BCUT2D eigenvalue weighted by molar-refractivity contribution is 0.400. The summed E-state index contributed by atoms with van der Waals surface area (Å²) in [5, 5.41) is 20.3. The second-order valence-electron chi connectivity index (χ2n) is 9.50. The molecule has 2 aromatic rings. The fraction of sp³-hybridized carbons (Fsp3) is 0.524. The van der Waals surface area contributed by atoms with E-state index in [2.05, 4.69) is 44.6 Å². The summed E-state index contributed by atoms with van der Waals surface area (Å²) in [4.78, 5) is 21.4. The Balaban J connectivity index is 1.94. The molecule has 7 nitrogen and oxygen atoms in total. The Morgan fingerprint density at radius 3 is 2.58 bits per heavy atom. The van der Waals surface area contributed by atoms with Crippen LogP contribution in [0.4, 0.5) is 11.8 Å². The monoisotopic (exact) mass is 528 g/mol. The van der Waals surface area contributed by atoms with Crippen LogP contribution >= 0.6 is 27.5 Å². The van der Waals surface area contributed by atoms with Crippen molar-refractivity contribution < 1.29 is 15.0 Å². The van der Waals surface area contributed by atoms with Gasteiger partial charge in [-0.15, -0.1) is 0 Å². The topological polar surface area (TPSA) is 116 Å². The van der Waals surface area contributed by atoms with Crippen molar-refractivity contribution in [1.82, 2.24) is 9.97 Å². The molecule has 170 valence electrons. The Kier molecular flexibility index (Phi) is 6.55. The number of phenolic OH excluding ortho intramolecular Hbond substituents is 2. The van der Waals surface area contributed by atoms with Crippen LogP contribution in [-0.4, -0.2) is 39.8 Å². The lowest BCUT2D eigenvalue weighted by atomic mass is 9.94. The van der Waals surface area contributed by atoms with E-state index < -0.39 is 8.32 Å². The van der Waals surface area contributed by atoms with Gasteiger partial charge in [0.1, 0.15) is 11.0 Å². The Labute approximate surface area is 197 Å². The summed E-state index contributed by atoms with van der Waals surface area (Å²) in [5.74, 6) is 0.609. The van der Waals surface area contributed by atoms with Crippen LogP contribution in [-0.2, 0) is 6.54 Å². The maximum atomic E-state index is 10.7. The van der Waals surface area contributed by atoms with Crippen LogP contribution in [0.3, 0.4) is 0 Å². The third-order valence-electron chi connectivity index (χ3n) is 6.77. The van der Waals surface area contributed by atoms with E-state index in [0.717, 1.165) is 24.0 Å². The van der Waals surface area contributed by atoms with E-state index in [1.165, 1.54) is 6.07 Å². The molecule has 10 heteroatoms. The number of nitrogen functional groups attached to an aromatic ring is 1. The summed E-state index contributed by atoms with van der Waals surface area (Å²) in [6, 6.07) is 1.49. The predicted molar refractivity (Wildman–Crippen MR) is 130 cm³/mol. The molecule has 0 fully saturated rings. The highest BCUT2D eigenvalue weighted by Crippen LogP contribution is 2.47. The van der Waals surface area contributed by atoms with Crippen molar-refractivity contribution in [2.75, 3.05) is 17.2 Å². The number of nitrogens with zero attached hydrogens (tertiary/aromatic N) is 3. The van der Waals surface area contributed by atoms with Gasteiger partial charge in [0.2, 0.25) is 5.95 Å². The van der Waals surface area contributed by atoms with Crippen molar-refractivity contribution in [2.45, 2.75) is 64.2 Å². The standard InChI is InChI=1S/C21H30BrClN4O3Si/c1-11-13(14(22)8-15(28)17(11)29)10-27-9-12(6-7-21(2,3)31(4,5)30)16-18(23)25-20(24)26-19(16)27/h8,12,28-30H,6-7,9-10H2,1-5H3,(H2,24,25,26). The van der Waals surface area contributed by atoms with Gasteiger partial charge in [0.05, 0.1) is 0 Å². The van der Waals surface area contributed by atoms with Gasteiger partial charge in [-0.25, -0.2) is 4.98 Å². The Morgan fingerprint density at radius 2 is 1.97 bits per heavy atom. The van der Waals surface area contributed by atoms with E-state index in [-0.39, 0.29) is 28.4 Å². The Hall–Kier alpha value is -1.55. The number of hydrogen-bond donors (Lipinski definition) is 4. The van der Waals surface area contributed by atoms with E-state index in [9.17, 15) is 15.0 Å². The second-order valence-corrected chi connectivity index (χ2v) is 15.2. The molecule has 1 unspecified atom stereocenters. The van der Waals surface area contributed by atoms with Gasteiger partial charge in [-0.05, 0) is 49.5 Å². The maximum absolute atomic E-state index is 10.7. The van der Waals surface area contributed by atoms with Crippen molar-refractivity contribution >= 4 is 47.6 Å². The predicted octanol–water partition coefficient (Wildman–Crippen LogP) is 5.06. The third kappa shape index (κ3) is 4.65. The highest BCUT2D eigenvalue weighted by Gasteiger charge is 2.40. The number of phenols is 2. The van der Waals surface area contributed by atoms with Crippen LogP contribution in [0.25, 0.3) is 0 Å². The lowest BCUT2D eigenvalue weighted by Crippen LogP contribution is -2.39. The second kappa shape index (κ2) is 8.42. The third-order valence-corrected chi connectivity index (χ3v) is 11.3. The first kappa shape index (κ1) is 24.1. The van der Waals surface area contributed by atoms with Crippen LogP contribution in [0.2, 0.25) is 23.3 Å². The molecular formula is C21H30BrClN4O3Si. The van der Waals surface area contributed by atoms with Crippen molar-refractivity contribution in [2.24, 2.45) is 0 Å². The van der Waals surface area contributed by atoms with Gasteiger partial charge in [0, 0.05) is 34.6 Å². The van der Waals surface area contributed by atoms with Gasteiger partial charge in [-0.3, -0.25) is 0 Å². The van der Waals surface area contributed by atoms with Gasteiger partial charge >= 0.3 is 0 Å². The van der Waals surface area contributed by atoms with Crippen LogP contribution in [0.1, 0.15) is 49.3 Å². The fourth-order valence-corrected chi connectivity index (χ4v) is 5.59. The van der Waals surface area contributed by atoms with Gasteiger partial charge in [-0.2, -0.15) is 4.98 Å². The average molecular weight is 530 g/mol. The maximum Gasteiger partial charge on any atom is 0.223 e. The molecule has 1 atom stereocenters. The molecule has 1 aromatic carbocycles. The minimum Gasteiger partial charge on any atom is -0.504 e. The smallest absolute Gasteiger partial charge is 0.223 e. The molecule has 31 heavy (non-hydrogen) atoms. The number of aromatic nitrogens is 2. The van der Waals surface area contributed by atoms with Crippen LogP contribution < -0.4 is 10.6 Å². The van der Waals surface area contributed by atoms with E-state index >= 15 is 0 Å². The summed E-state index contributed by atoms with van der Waals surface area (Å²) >= 11 is 10.0. The number of benzene rings is 1. The number of anilines is 2. The number of rotatable bonds is 6. The van der Waals surface area contributed by atoms with Crippen LogP contribution in [0.5, 0.6) is 11.5 Å². The summed E-state index contributed by atoms with van der Waals surface area (Å²) in [5.41, 5.74) is 8.21. The molecule has 0 spiro atoms. The molecule has 0 aliphatic carbocycles. The highest BCUT2D eigenvalue weighted by molar-refractivity contribution is 9.10. The number of hydrogen-bond acceptors (Lipinski definition) is 7. The van der Waals surface area contributed by atoms with E-state index in [1.54, 1.807) is 6.92 Å². The SMILES string of the molecule is Cc1c(O)c(O)cc(Br)c1CN1CC(CCC(C)(C)[Si](C)(C)O)c2c(Cl)nc(N)nc21. The largest absolute Gasteiger partial charge is 0.504 e. The van der Waals surface area contributed by atoms with Crippen molar-refractivity contribution in [1.29, 1.82) is 0 Å². The molecular weight excluding hydrogens is 500 g/mol. The average Bonchev–Trinajstić information content (AvgIpc) is 2.98. The van der Waals surface area contributed by atoms with E-state index in [1.807, 2.05) is 13.1 Å². The molecule has 1 aromatic heterocycles. The van der Waals surface area contributed by atoms with Crippen molar-refractivity contribution in [3.8, 4) is 11.5 Å². The number of aromatic hydroxyl groups is 2. The molecule has 0 saturated carbocycles.